The number of carboxylic acid groups (broad SMARTS) is 1. The Hall–Kier alpha value is -1.63. The average Bonchev–Trinajstić information content (AvgIpc) is 2.76. The van der Waals surface area contributed by atoms with Crippen molar-refractivity contribution in [3.05, 3.63) is 16.1 Å². The van der Waals surface area contributed by atoms with E-state index in [-0.39, 0.29) is 25.0 Å². The number of amides is 2. The number of carbonyl (C=O) groups excluding carboxylic acids is 1. The van der Waals surface area contributed by atoms with E-state index < -0.39 is 5.97 Å². The number of hydrogen-bond donors (Lipinski definition) is 2. The van der Waals surface area contributed by atoms with Crippen LogP contribution in [0.15, 0.2) is 5.38 Å². The molecule has 19 heavy (non-hydrogen) atoms. The molecule has 0 aliphatic carbocycles. The highest BCUT2D eigenvalue weighted by Gasteiger charge is 2.17. The van der Waals surface area contributed by atoms with Crippen LogP contribution in [0.3, 0.4) is 0 Å². The minimum absolute atomic E-state index is 0.0496. The molecule has 1 atom stereocenters. The van der Waals surface area contributed by atoms with Gasteiger partial charge in [0.2, 0.25) is 0 Å². The maximum atomic E-state index is 12.0. The summed E-state index contributed by atoms with van der Waals surface area (Å²) in [5.74, 6) is -0.908. The van der Waals surface area contributed by atoms with E-state index in [1.54, 1.807) is 0 Å². The third-order valence-electron chi connectivity index (χ3n) is 2.61. The van der Waals surface area contributed by atoms with Gasteiger partial charge in [-0.15, -0.1) is 11.3 Å². The maximum Gasteiger partial charge on any atom is 0.317 e. The fourth-order valence-corrected chi connectivity index (χ4v) is 2.35. The van der Waals surface area contributed by atoms with Crippen molar-refractivity contribution in [2.75, 3.05) is 13.1 Å². The third kappa shape index (κ3) is 4.86. The van der Waals surface area contributed by atoms with Crippen LogP contribution in [-0.2, 0) is 4.79 Å². The van der Waals surface area contributed by atoms with Crippen molar-refractivity contribution in [2.24, 2.45) is 0 Å². The molecule has 6 nitrogen and oxygen atoms in total. The van der Waals surface area contributed by atoms with Gasteiger partial charge in [0, 0.05) is 24.2 Å². The second-order valence-electron chi connectivity index (χ2n) is 4.22. The molecule has 1 aromatic heterocycles. The van der Waals surface area contributed by atoms with Gasteiger partial charge in [-0.05, 0) is 20.8 Å². The predicted octanol–water partition coefficient (Wildman–Crippen LogP) is 2.02. The van der Waals surface area contributed by atoms with Gasteiger partial charge in [0.05, 0.1) is 12.5 Å². The van der Waals surface area contributed by atoms with Gasteiger partial charge in [0.15, 0.2) is 0 Å². The second-order valence-corrected chi connectivity index (χ2v) is 5.11. The smallest absolute Gasteiger partial charge is 0.317 e. The Labute approximate surface area is 116 Å². The molecule has 0 spiro atoms. The first kappa shape index (κ1) is 15.4. The monoisotopic (exact) mass is 285 g/mol. The molecule has 0 bridgehead atoms. The largest absolute Gasteiger partial charge is 0.481 e. The molecule has 1 aromatic rings. The predicted molar refractivity (Wildman–Crippen MR) is 73.3 cm³/mol. The van der Waals surface area contributed by atoms with Crippen LogP contribution in [0.5, 0.6) is 0 Å². The zero-order chi connectivity index (χ0) is 14.4. The Kier molecular flexibility index (Phi) is 5.75. The molecule has 2 amide bonds. The Balaban J connectivity index is 2.54. The number of carboxylic acids is 1. The number of aromatic nitrogens is 1. The van der Waals surface area contributed by atoms with Crippen molar-refractivity contribution in [2.45, 2.75) is 33.2 Å². The average molecular weight is 285 g/mol. The van der Waals surface area contributed by atoms with Crippen LogP contribution in [0.25, 0.3) is 0 Å². The van der Waals surface area contributed by atoms with E-state index in [1.165, 1.54) is 16.2 Å². The molecule has 7 heteroatoms. The molecule has 1 heterocycles. The van der Waals surface area contributed by atoms with E-state index in [4.69, 9.17) is 5.11 Å². The number of hydrogen-bond acceptors (Lipinski definition) is 4. The molecular weight excluding hydrogens is 266 g/mol. The summed E-state index contributed by atoms with van der Waals surface area (Å²) < 4.78 is 0. The molecule has 2 N–H and O–H groups in total. The van der Waals surface area contributed by atoms with Crippen molar-refractivity contribution in [1.29, 1.82) is 0 Å². The van der Waals surface area contributed by atoms with E-state index in [9.17, 15) is 9.59 Å². The molecule has 0 aliphatic rings. The minimum atomic E-state index is -0.908. The van der Waals surface area contributed by atoms with E-state index in [2.05, 4.69) is 10.3 Å². The highest BCUT2D eigenvalue weighted by molar-refractivity contribution is 7.09. The topological polar surface area (TPSA) is 82.5 Å². The van der Waals surface area contributed by atoms with Crippen molar-refractivity contribution in [3.63, 3.8) is 0 Å². The quantitative estimate of drug-likeness (QED) is 0.837. The highest BCUT2D eigenvalue weighted by atomic mass is 32.1. The van der Waals surface area contributed by atoms with Gasteiger partial charge < -0.3 is 15.3 Å². The zero-order valence-electron chi connectivity index (χ0n) is 11.3. The summed E-state index contributed by atoms with van der Waals surface area (Å²) in [5, 5.41) is 14.2. The number of aryl methyl sites for hydroxylation is 1. The summed E-state index contributed by atoms with van der Waals surface area (Å²) in [4.78, 5) is 28.3. The van der Waals surface area contributed by atoms with Gasteiger partial charge in [-0.3, -0.25) is 4.79 Å². The number of nitrogens with one attached hydrogen (secondary N) is 1. The van der Waals surface area contributed by atoms with Crippen molar-refractivity contribution < 1.29 is 14.7 Å². The van der Waals surface area contributed by atoms with Gasteiger partial charge in [0.25, 0.3) is 0 Å². The van der Waals surface area contributed by atoms with Gasteiger partial charge in [-0.25, -0.2) is 9.78 Å². The first-order chi connectivity index (χ1) is 8.93. The normalized spacial score (nSPS) is 11.9. The van der Waals surface area contributed by atoms with E-state index in [1.807, 2.05) is 26.2 Å². The fourth-order valence-electron chi connectivity index (χ4n) is 1.54. The molecule has 1 unspecified atom stereocenters. The van der Waals surface area contributed by atoms with Crippen LogP contribution in [0.2, 0.25) is 0 Å². The van der Waals surface area contributed by atoms with E-state index in [0.29, 0.717) is 6.54 Å². The lowest BCUT2D eigenvalue weighted by Crippen LogP contribution is -2.41. The second kappa shape index (κ2) is 7.08. The van der Waals surface area contributed by atoms with E-state index in [0.717, 1.165) is 10.7 Å². The van der Waals surface area contributed by atoms with E-state index >= 15 is 0 Å². The first-order valence-corrected chi connectivity index (χ1v) is 7.01. The molecule has 0 fully saturated rings. The molecule has 0 radical (unpaired) electrons. The number of aliphatic carboxylic acids is 1. The van der Waals surface area contributed by atoms with Crippen LogP contribution in [0.4, 0.5) is 4.79 Å². The number of rotatable bonds is 6. The number of thiazole rings is 1. The molecule has 0 saturated heterocycles. The van der Waals surface area contributed by atoms with Crippen LogP contribution in [0, 0.1) is 6.92 Å². The molecular formula is C12H19N3O3S. The maximum absolute atomic E-state index is 12.0. The van der Waals surface area contributed by atoms with Crippen LogP contribution < -0.4 is 5.32 Å². The van der Waals surface area contributed by atoms with Crippen LogP contribution in [-0.4, -0.2) is 40.1 Å². The summed E-state index contributed by atoms with van der Waals surface area (Å²) in [7, 11) is 0. The van der Waals surface area contributed by atoms with Crippen LogP contribution in [0.1, 0.15) is 37.0 Å². The lowest BCUT2D eigenvalue weighted by Gasteiger charge is -2.22. The Morgan fingerprint density at radius 2 is 2.26 bits per heavy atom. The highest BCUT2D eigenvalue weighted by Crippen LogP contribution is 2.17. The summed E-state index contributed by atoms with van der Waals surface area (Å²) in [6.07, 6.45) is -0.0496. The third-order valence-corrected chi connectivity index (χ3v) is 3.76. The standard InChI is InChI=1S/C12H19N3O3S/c1-4-15(6-5-10(16)17)12(18)14-9(3)11-13-8(2)7-19-11/h7,9H,4-6H2,1-3H3,(H,14,18)(H,16,17). The molecule has 0 aromatic carbocycles. The van der Waals surface area contributed by atoms with Gasteiger partial charge in [0.1, 0.15) is 5.01 Å². The van der Waals surface area contributed by atoms with Crippen molar-refractivity contribution in [1.82, 2.24) is 15.2 Å². The molecule has 106 valence electrons. The van der Waals surface area contributed by atoms with Gasteiger partial charge in [-0.2, -0.15) is 0 Å². The summed E-state index contributed by atoms with van der Waals surface area (Å²) >= 11 is 1.50. The summed E-state index contributed by atoms with van der Waals surface area (Å²) in [6, 6.07) is -0.436. The number of nitrogens with zero attached hydrogens (tertiary/aromatic N) is 2. The summed E-state index contributed by atoms with van der Waals surface area (Å²) in [6.45, 7) is 6.27. The number of urea groups is 1. The van der Waals surface area contributed by atoms with Crippen molar-refractivity contribution >= 4 is 23.3 Å². The van der Waals surface area contributed by atoms with Gasteiger partial charge in [-0.1, -0.05) is 0 Å². The van der Waals surface area contributed by atoms with Gasteiger partial charge >= 0.3 is 12.0 Å². The zero-order valence-corrected chi connectivity index (χ0v) is 12.2. The van der Waals surface area contributed by atoms with Crippen LogP contribution >= 0.6 is 11.3 Å². The minimum Gasteiger partial charge on any atom is -0.481 e. The van der Waals surface area contributed by atoms with Crippen molar-refractivity contribution in [3.8, 4) is 0 Å². The SMILES string of the molecule is CCN(CCC(=O)O)C(=O)NC(C)c1nc(C)cs1. The molecule has 1 rings (SSSR count). The lowest BCUT2D eigenvalue weighted by molar-refractivity contribution is -0.137. The Morgan fingerprint density at radius 1 is 1.58 bits per heavy atom. The molecule has 0 aliphatic heterocycles. The Morgan fingerprint density at radius 3 is 2.74 bits per heavy atom. The number of carbonyl (C=O) groups is 2. The Bertz CT molecular complexity index is 447. The molecule has 0 saturated carbocycles. The first-order valence-electron chi connectivity index (χ1n) is 6.13. The lowest BCUT2D eigenvalue weighted by atomic mass is 10.3. The fraction of sp³-hybridized carbons (Fsp3) is 0.583. The summed E-state index contributed by atoms with van der Waals surface area (Å²) in [5.41, 5.74) is 0.930.